The van der Waals surface area contributed by atoms with Gasteiger partial charge >= 0.3 is 0 Å². The first-order valence-electron chi connectivity index (χ1n) is 3.66. The van der Waals surface area contributed by atoms with Gasteiger partial charge < -0.3 is 0 Å². The average Bonchev–Trinajstić information content (AvgIpc) is 2.18. The first kappa shape index (κ1) is 10.5. The Balaban J connectivity index is 3.25. The van der Waals surface area contributed by atoms with Crippen molar-refractivity contribution in [2.24, 2.45) is 9.98 Å². The van der Waals surface area contributed by atoms with Gasteiger partial charge in [0.15, 0.2) is 0 Å². The third kappa shape index (κ3) is 2.75. The fourth-order valence-electron chi connectivity index (χ4n) is 0.968. The molecule has 0 aromatic heterocycles. The highest BCUT2D eigenvalue weighted by Crippen LogP contribution is 2.24. The Morgan fingerprint density at radius 3 is 1.93 bits per heavy atom. The molecule has 0 fully saturated rings. The lowest BCUT2D eigenvalue weighted by atomic mass is 10.2. The Labute approximate surface area is 88.5 Å². The second-order valence-corrected chi connectivity index (χ2v) is 2.96. The first-order valence-corrected chi connectivity index (χ1v) is 4.78. The number of hydrogen-bond donors (Lipinski definition) is 0. The highest BCUT2D eigenvalue weighted by molar-refractivity contribution is 9.08. The lowest BCUT2D eigenvalue weighted by Crippen LogP contribution is -1.76. The highest BCUT2D eigenvalue weighted by atomic mass is 79.9. The summed E-state index contributed by atoms with van der Waals surface area (Å²) in [6.07, 6.45) is 2.85. The first-order chi connectivity index (χ1) is 6.80. The highest BCUT2D eigenvalue weighted by Gasteiger charge is 1.98. The van der Waals surface area contributed by atoms with Gasteiger partial charge in [0.25, 0.3) is 0 Å². The molecule has 0 spiro atoms. The van der Waals surface area contributed by atoms with Crippen LogP contribution in [0, 0.1) is 0 Å². The Hall–Kier alpha value is -1.54. The minimum absolute atomic E-state index is 0.422. The number of isocyanates is 2. The second-order valence-electron chi connectivity index (χ2n) is 2.40. The van der Waals surface area contributed by atoms with Crippen LogP contribution in [0.25, 0.3) is 0 Å². The van der Waals surface area contributed by atoms with E-state index in [-0.39, 0.29) is 0 Å². The van der Waals surface area contributed by atoms with Crippen molar-refractivity contribution in [1.82, 2.24) is 0 Å². The normalized spacial score (nSPS) is 8.64. The molecule has 0 radical (unpaired) electrons. The summed E-state index contributed by atoms with van der Waals surface area (Å²) in [5.74, 6) is 0. The Morgan fingerprint density at radius 2 is 1.57 bits per heavy atom. The van der Waals surface area contributed by atoms with Gasteiger partial charge in [-0.3, -0.25) is 0 Å². The van der Waals surface area contributed by atoms with Gasteiger partial charge in [-0.05, 0) is 23.8 Å². The van der Waals surface area contributed by atoms with E-state index in [2.05, 4.69) is 25.9 Å². The van der Waals surface area contributed by atoms with Gasteiger partial charge in [-0.15, -0.1) is 0 Å². The van der Waals surface area contributed by atoms with Crippen molar-refractivity contribution >= 4 is 39.5 Å². The van der Waals surface area contributed by atoms with Crippen LogP contribution >= 0.6 is 15.9 Å². The maximum absolute atomic E-state index is 10.0. The molecule has 0 saturated carbocycles. The summed E-state index contributed by atoms with van der Waals surface area (Å²) in [7, 11) is 0. The van der Waals surface area contributed by atoms with Crippen LogP contribution in [0.4, 0.5) is 11.4 Å². The molecule has 0 aliphatic rings. The SMILES string of the molecule is O=C=Nc1cc(CBr)cc(N=C=O)c1. The van der Waals surface area contributed by atoms with Crippen LogP contribution < -0.4 is 0 Å². The molecule has 0 heterocycles. The monoisotopic (exact) mass is 252 g/mol. The molecule has 5 heteroatoms. The van der Waals surface area contributed by atoms with Crippen molar-refractivity contribution in [3.63, 3.8) is 0 Å². The third-order valence-corrected chi connectivity index (χ3v) is 2.11. The van der Waals surface area contributed by atoms with Gasteiger partial charge in [-0.2, -0.15) is 9.98 Å². The summed E-state index contributed by atoms with van der Waals surface area (Å²) in [4.78, 5) is 26.9. The minimum atomic E-state index is 0.422. The van der Waals surface area contributed by atoms with Crippen LogP contribution in [0.5, 0.6) is 0 Å². The number of carbonyl (C=O) groups excluding carboxylic acids is 2. The molecule has 70 valence electrons. The average molecular weight is 253 g/mol. The quantitative estimate of drug-likeness (QED) is 0.472. The fraction of sp³-hybridized carbons (Fsp3) is 0.111. The van der Waals surface area contributed by atoms with Gasteiger partial charge in [0, 0.05) is 5.33 Å². The number of alkyl halides is 1. The maximum atomic E-state index is 10.0. The smallest absolute Gasteiger partial charge is 0.211 e. The molecule has 0 aliphatic carbocycles. The number of nitrogens with zero attached hydrogens (tertiary/aromatic N) is 2. The van der Waals surface area contributed by atoms with Crippen molar-refractivity contribution in [2.45, 2.75) is 5.33 Å². The lowest BCUT2D eigenvalue weighted by Gasteiger charge is -1.98. The number of benzene rings is 1. The largest absolute Gasteiger partial charge is 0.240 e. The maximum Gasteiger partial charge on any atom is 0.240 e. The van der Waals surface area contributed by atoms with E-state index in [0.717, 1.165) is 5.56 Å². The number of aliphatic imine (C=N–C) groups is 2. The van der Waals surface area contributed by atoms with Crippen molar-refractivity contribution in [1.29, 1.82) is 0 Å². The number of halogens is 1. The summed E-state index contributed by atoms with van der Waals surface area (Å²) < 4.78 is 0. The zero-order valence-corrected chi connectivity index (χ0v) is 8.61. The Kier molecular flexibility index (Phi) is 3.95. The van der Waals surface area contributed by atoms with Gasteiger partial charge in [-0.1, -0.05) is 15.9 Å². The molecule has 0 unspecified atom stereocenters. The van der Waals surface area contributed by atoms with E-state index in [1.165, 1.54) is 18.2 Å². The molecule has 1 aromatic rings. The zero-order chi connectivity index (χ0) is 10.4. The minimum Gasteiger partial charge on any atom is -0.211 e. The van der Waals surface area contributed by atoms with Crippen molar-refractivity contribution in [3.8, 4) is 0 Å². The van der Waals surface area contributed by atoms with Crippen molar-refractivity contribution in [2.75, 3.05) is 0 Å². The topological polar surface area (TPSA) is 58.9 Å². The van der Waals surface area contributed by atoms with Gasteiger partial charge in [0.1, 0.15) is 0 Å². The molecule has 0 saturated heterocycles. The van der Waals surface area contributed by atoms with E-state index in [1.807, 2.05) is 0 Å². The Morgan fingerprint density at radius 1 is 1.07 bits per heavy atom. The van der Waals surface area contributed by atoms with E-state index < -0.39 is 0 Å². The summed E-state index contributed by atoms with van der Waals surface area (Å²) in [6, 6.07) is 4.90. The fourth-order valence-corrected chi connectivity index (χ4v) is 1.29. The molecule has 0 atom stereocenters. The number of rotatable bonds is 3. The van der Waals surface area contributed by atoms with Gasteiger partial charge in [0.2, 0.25) is 12.2 Å². The predicted molar refractivity (Wildman–Crippen MR) is 54.6 cm³/mol. The summed E-state index contributed by atoms with van der Waals surface area (Å²) >= 11 is 3.25. The van der Waals surface area contributed by atoms with Crippen LogP contribution in [0.1, 0.15) is 5.56 Å². The summed E-state index contributed by atoms with van der Waals surface area (Å²) in [6.45, 7) is 0. The van der Waals surface area contributed by atoms with Gasteiger partial charge in [0.05, 0.1) is 11.4 Å². The van der Waals surface area contributed by atoms with Crippen LogP contribution in [0.2, 0.25) is 0 Å². The van der Waals surface area contributed by atoms with Crippen LogP contribution in [0.15, 0.2) is 28.2 Å². The Bertz CT molecular complexity index is 396. The number of hydrogen-bond acceptors (Lipinski definition) is 4. The second kappa shape index (κ2) is 5.25. The molecule has 1 aromatic carbocycles. The molecule has 0 N–H and O–H groups in total. The predicted octanol–water partition coefficient (Wildman–Crippen LogP) is 2.52. The van der Waals surface area contributed by atoms with Crippen LogP contribution in [-0.2, 0) is 14.9 Å². The standard InChI is InChI=1S/C9H5BrN2O2/c10-4-7-1-8(11-5-13)3-9(2-7)12-6-14/h1-3H,4H2. The van der Waals surface area contributed by atoms with Crippen LogP contribution in [-0.4, -0.2) is 12.2 Å². The molecular formula is C9H5BrN2O2. The molecule has 1 rings (SSSR count). The molecular weight excluding hydrogens is 248 g/mol. The zero-order valence-electron chi connectivity index (χ0n) is 7.03. The summed E-state index contributed by atoms with van der Waals surface area (Å²) in [5.41, 5.74) is 1.72. The van der Waals surface area contributed by atoms with E-state index >= 15 is 0 Å². The molecule has 14 heavy (non-hydrogen) atoms. The lowest BCUT2D eigenvalue weighted by molar-refractivity contribution is 0.565. The molecule has 0 bridgehead atoms. The van der Waals surface area contributed by atoms with E-state index in [0.29, 0.717) is 16.7 Å². The van der Waals surface area contributed by atoms with E-state index in [1.54, 1.807) is 12.1 Å². The summed E-state index contributed by atoms with van der Waals surface area (Å²) in [5, 5.41) is 0.594. The molecule has 0 aliphatic heterocycles. The van der Waals surface area contributed by atoms with E-state index in [9.17, 15) is 9.59 Å². The van der Waals surface area contributed by atoms with E-state index in [4.69, 9.17) is 0 Å². The molecule has 0 amide bonds. The van der Waals surface area contributed by atoms with Crippen LogP contribution in [0.3, 0.4) is 0 Å². The van der Waals surface area contributed by atoms with Crippen molar-refractivity contribution < 1.29 is 9.59 Å². The molecule has 4 nitrogen and oxygen atoms in total. The third-order valence-electron chi connectivity index (χ3n) is 1.47. The van der Waals surface area contributed by atoms with Gasteiger partial charge in [-0.25, -0.2) is 9.59 Å². The van der Waals surface area contributed by atoms with Crippen molar-refractivity contribution in [3.05, 3.63) is 23.8 Å².